The van der Waals surface area contributed by atoms with Crippen LogP contribution >= 0.6 is 23.4 Å². The van der Waals surface area contributed by atoms with E-state index in [1.54, 1.807) is 32.4 Å². The van der Waals surface area contributed by atoms with Gasteiger partial charge in [-0.25, -0.2) is 4.98 Å². The maximum absolute atomic E-state index is 12.3. The number of hydrogen-bond donors (Lipinski definition) is 1. The van der Waals surface area contributed by atoms with Gasteiger partial charge in [0.2, 0.25) is 5.91 Å². The number of rotatable bonds is 6. The molecule has 0 bridgehead atoms. The van der Waals surface area contributed by atoms with Crippen molar-refractivity contribution in [1.82, 2.24) is 9.55 Å². The predicted octanol–water partition coefficient (Wildman–Crippen LogP) is 3.97. The van der Waals surface area contributed by atoms with Crippen molar-refractivity contribution in [1.29, 1.82) is 0 Å². The van der Waals surface area contributed by atoms with Gasteiger partial charge in [0.1, 0.15) is 11.5 Å². The zero-order chi connectivity index (χ0) is 18.7. The summed E-state index contributed by atoms with van der Waals surface area (Å²) in [6.07, 6.45) is 0. The van der Waals surface area contributed by atoms with Gasteiger partial charge < -0.3 is 19.4 Å². The Labute approximate surface area is 160 Å². The number of carbonyl (C=O) groups excluding carboxylic acids is 1. The van der Waals surface area contributed by atoms with Gasteiger partial charge in [-0.2, -0.15) is 0 Å². The number of hydrogen-bond acceptors (Lipinski definition) is 5. The van der Waals surface area contributed by atoms with Crippen LogP contribution in [0.4, 0.5) is 5.69 Å². The van der Waals surface area contributed by atoms with Crippen LogP contribution in [0, 0.1) is 0 Å². The molecule has 0 spiro atoms. The van der Waals surface area contributed by atoms with E-state index in [0.29, 0.717) is 22.2 Å². The first kappa shape index (κ1) is 18.4. The number of halogens is 1. The van der Waals surface area contributed by atoms with Gasteiger partial charge in [-0.15, -0.1) is 0 Å². The number of imidazole rings is 1. The minimum Gasteiger partial charge on any atom is -0.497 e. The molecule has 0 radical (unpaired) electrons. The Balaban J connectivity index is 1.69. The Hall–Kier alpha value is -2.38. The first-order chi connectivity index (χ1) is 12.5. The lowest BCUT2D eigenvalue weighted by Crippen LogP contribution is -2.15. The van der Waals surface area contributed by atoms with Gasteiger partial charge in [-0.1, -0.05) is 23.4 Å². The Bertz CT molecular complexity index is 958. The van der Waals surface area contributed by atoms with Crippen LogP contribution in [0.15, 0.2) is 41.6 Å². The van der Waals surface area contributed by atoms with Gasteiger partial charge in [0.15, 0.2) is 5.16 Å². The van der Waals surface area contributed by atoms with Crippen LogP contribution in [0.2, 0.25) is 5.02 Å². The molecule has 0 unspecified atom stereocenters. The molecule has 8 heteroatoms. The van der Waals surface area contributed by atoms with Gasteiger partial charge in [-0.05, 0) is 30.3 Å². The van der Waals surface area contributed by atoms with Crippen LogP contribution in [0.1, 0.15) is 0 Å². The molecular weight excluding hydrogens is 374 g/mol. The molecular formula is C18H18ClN3O3S. The zero-order valence-electron chi connectivity index (χ0n) is 14.6. The second-order valence-corrected chi connectivity index (χ2v) is 6.87. The van der Waals surface area contributed by atoms with E-state index >= 15 is 0 Å². The summed E-state index contributed by atoms with van der Waals surface area (Å²) in [7, 11) is 5.04. The summed E-state index contributed by atoms with van der Waals surface area (Å²) < 4.78 is 12.4. The maximum atomic E-state index is 12.3. The number of anilines is 1. The summed E-state index contributed by atoms with van der Waals surface area (Å²) in [5.41, 5.74) is 2.37. The molecule has 6 nitrogen and oxygen atoms in total. The number of amides is 1. The molecule has 0 aliphatic heterocycles. The lowest BCUT2D eigenvalue weighted by molar-refractivity contribution is -0.113. The van der Waals surface area contributed by atoms with Gasteiger partial charge >= 0.3 is 0 Å². The topological polar surface area (TPSA) is 65.4 Å². The molecule has 2 aromatic carbocycles. The highest BCUT2D eigenvalue weighted by Gasteiger charge is 2.13. The van der Waals surface area contributed by atoms with E-state index in [1.165, 1.54) is 11.8 Å². The summed E-state index contributed by atoms with van der Waals surface area (Å²) in [5, 5.41) is 4.23. The Morgan fingerprint density at radius 3 is 2.77 bits per heavy atom. The van der Waals surface area contributed by atoms with Crippen molar-refractivity contribution in [2.45, 2.75) is 5.16 Å². The number of thioether (sulfide) groups is 1. The van der Waals surface area contributed by atoms with Crippen molar-refractivity contribution >= 4 is 46.0 Å². The first-order valence-corrected chi connectivity index (χ1v) is 9.15. The lowest BCUT2D eigenvalue weighted by atomic mass is 10.2. The minimum absolute atomic E-state index is 0.149. The van der Waals surface area contributed by atoms with E-state index in [2.05, 4.69) is 10.3 Å². The molecule has 0 saturated carbocycles. The Morgan fingerprint density at radius 2 is 2.04 bits per heavy atom. The number of ether oxygens (including phenoxy) is 2. The van der Waals surface area contributed by atoms with Crippen LogP contribution in [0.5, 0.6) is 11.5 Å². The SMILES string of the molecule is COc1ccc(NC(=O)CSc2nc3cc(Cl)ccc3n2C)c(OC)c1. The second kappa shape index (κ2) is 7.88. The summed E-state index contributed by atoms with van der Waals surface area (Å²) in [4.78, 5) is 16.8. The first-order valence-electron chi connectivity index (χ1n) is 7.78. The van der Waals surface area contributed by atoms with E-state index in [1.807, 2.05) is 29.8 Å². The zero-order valence-corrected chi connectivity index (χ0v) is 16.1. The summed E-state index contributed by atoms with van der Waals surface area (Å²) in [6.45, 7) is 0. The second-order valence-electron chi connectivity index (χ2n) is 5.49. The number of aromatic nitrogens is 2. The molecule has 0 fully saturated rings. The van der Waals surface area contributed by atoms with Crippen molar-refractivity contribution in [2.24, 2.45) is 7.05 Å². The summed E-state index contributed by atoms with van der Waals surface area (Å²) >= 11 is 7.37. The van der Waals surface area contributed by atoms with Crippen molar-refractivity contribution in [3.63, 3.8) is 0 Å². The third-order valence-corrected chi connectivity index (χ3v) is 5.08. The normalized spacial score (nSPS) is 10.8. The number of nitrogens with one attached hydrogen (secondary N) is 1. The number of methoxy groups -OCH3 is 2. The van der Waals surface area contributed by atoms with Crippen LogP contribution in [-0.2, 0) is 11.8 Å². The van der Waals surface area contributed by atoms with Crippen molar-refractivity contribution in [2.75, 3.05) is 25.3 Å². The molecule has 0 aliphatic rings. The van der Waals surface area contributed by atoms with Gasteiger partial charge in [-0.3, -0.25) is 4.79 Å². The van der Waals surface area contributed by atoms with Crippen LogP contribution < -0.4 is 14.8 Å². The van der Waals surface area contributed by atoms with E-state index in [9.17, 15) is 4.79 Å². The van der Waals surface area contributed by atoms with Crippen LogP contribution in [0.3, 0.4) is 0 Å². The highest BCUT2D eigenvalue weighted by molar-refractivity contribution is 7.99. The number of aryl methyl sites for hydroxylation is 1. The van der Waals surface area contributed by atoms with E-state index in [-0.39, 0.29) is 11.7 Å². The average molecular weight is 392 g/mol. The predicted molar refractivity (Wildman–Crippen MR) is 105 cm³/mol. The third-order valence-electron chi connectivity index (χ3n) is 3.82. The molecule has 0 saturated heterocycles. The molecule has 1 N–H and O–H groups in total. The summed E-state index contributed by atoms with van der Waals surface area (Å²) in [5.74, 6) is 1.27. The Kier molecular flexibility index (Phi) is 5.58. The van der Waals surface area contributed by atoms with Gasteiger partial charge in [0, 0.05) is 18.1 Å². The fourth-order valence-electron chi connectivity index (χ4n) is 2.50. The molecule has 1 heterocycles. The maximum Gasteiger partial charge on any atom is 0.234 e. The molecule has 0 atom stereocenters. The lowest BCUT2D eigenvalue weighted by Gasteiger charge is -2.11. The quantitative estimate of drug-likeness (QED) is 0.644. The van der Waals surface area contributed by atoms with Crippen molar-refractivity contribution in [3.8, 4) is 11.5 Å². The van der Waals surface area contributed by atoms with Crippen molar-refractivity contribution in [3.05, 3.63) is 41.4 Å². The van der Waals surface area contributed by atoms with Gasteiger partial charge in [0.05, 0.1) is 36.7 Å². The minimum atomic E-state index is -0.149. The highest BCUT2D eigenvalue weighted by atomic mass is 35.5. The van der Waals surface area contributed by atoms with E-state index < -0.39 is 0 Å². The average Bonchev–Trinajstić information content (AvgIpc) is 2.95. The number of benzene rings is 2. The highest BCUT2D eigenvalue weighted by Crippen LogP contribution is 2.30. The number of carbonyl (C=O) groups is 1. The fraction of sp³-hybridized carbons (Fsp3) is 0.222. The summed E-state index contributed by atoms with van der Waals surface area (Å²) in [6, 6.07) is 10.8. The molecule has 0 aliphatic carbocycles. The molecule has 3 aromatic rings. The van der Waals surface area contributed by atoms with Crippen LogP contribution in [-0.4, -0.2) is 35.4 Å². The van der Waals surface area contributed by atoms with Crippen molar-refractivity contribution < 1.29 is 14.3 Å². The van der Waals surface area contributed by atoms with Gasteiger partial charge in [0.25, 0.3) is 0 Å². The third kappa shape index (κ3) is 3.89. The molecule has 1 amide bonds. The molecule has 136 valence electrons. The number of fused-ring (bicyclic) bond motifs is 1. The smallest absolute Gasteiger partial charge is 0.234 e. The molecule has 3 rings (SSSR count). The van der Waals surface area contributed by atoms with E-state index in [4.69, 9.17) is 21.1 Å². The monoisotopic (exact) mass is 391 g/mol. The fourth-order valence-corrected chi connectivity index (χ4v) is 3.45. The number of nitrogens with zero attached hydrogens (tertiary/aromatic N) is 2. The standard InChI is InChI=1S/C18H18ClN3O3S/c1-22-15-7-4-11(19)8-14(15)21-18(22)26-10-17(23)20-13-6-5-12(24-2)9-16(13)25-3/h4-9H,10H2,1-3H3,(H,20,23). The molecule has 26 heavy (non-hydrogen) atoms. The molecule has 1 aromatic heterocycles. The Morgan fingerprint density at radius 1 is 1.23 bits per heavy atom. The largest absolute Gasteiger partial charge is 0.497 e. The van der Waals surface area contributed by atoms with Crippen LogP contribution in [0.25, 0.3) is 11.0 Å². The van der Waals surface area contributed by atoms with E-state index in [0.717, 1.165) is 16.2 Å².